The molecule has 2 aliphatic rings. The van der Waals surface area contributed by atoms with E-state index in [-0.39, 0.29) is 11.3 Å². The van der Waals surface area contributed by atoms with Crippen LogP contribution in [0.1, 0.15) is 34.7 Å². The SMILES string of the molecule is Cc1cccc(COc2ccc(C(O)=C3C(=O)C(=O)N(CCCN4CCOCC4)C3c3ccc(N(C)C)cc3)cc2)c1. The molecule has 220 valence electrons. The maximum absolute atomic E-state index is 13.4. The topological polar surface area (TPSA) is 82.5 Å². The van der Waals surface area contributed by atoms with E-state index in [0.717, 1.165) is 36.4 Å². The summed E-state index contributed by atoms with van der Waals surface area (Å²) < 4.78 is 11.4. The minimum absolute atomic E-state index is 0.109. The lowest BCUT2D eigenvalue weighted by atomic mass is 9.95. The summed E-state index contributed by atoms with van der Waals surface area (Å²) >= 11 is 0. The van der Waals surface area contributed by atoms with Crippen molar-refractivity contribution < 1.29 is 24.2 Å². The largest absolute Gasteiger partial charge is 0.507 e. The number of carbonyl (C=O) groups is 2. The highest BCUT2D eigenvalue weighted by molar-refractivity contribution is 6.46. The van der Waals surface area contributed by atoms with Crippen molar-refractivity contribution in [1.29, 1.82) is 0 Å². The van der Waals surface area contributed by atoms with Gasteiger partial charge >= 0.3 is 0 Å². The first-order valence-electron chi connectivity index (χ1n) is 14.5. The van der Waals surface area contributed by atoms with Gasteiger partial charge in [0.2, 0.25) is 0 Å². The summed E-state index contributed by atoms with van der Waals surface area (Å²) in [6.07, 6.45) is 0.715. The van der Waals surface area contributed by atoms with Crippen LogP contribution in [0.25, 0.3) is 5.76 Å². The molecule has 8 nitrogen and oxygen atoms in total. The minimum atomic E-state index is -0.678. The van der Waals surface area contributed by atoms with Crippen molar-refractivity contribution >= 4 is 23.1 Å². The minimum Gasteiger partial charge on any atom is -0.507 e. The second-order valence-electron chi connectivity index (χ2n) is 11.1. The van der Waals surface area contributed by atoms with Crippen molar-refractivity contribution in [1.82, 2.24) is 9.80 Å². The average molecular weight is 570 g/mol. The molecule has 0 radical (unpaired) electrons. The Bertz CT molecular complexity index is 1430. The molecule has 8 heteroatoms. The van der Waals surface area contributed by atoms with E-state index in [1.165, 1.54) is 5.56 Å². The third kappa shape index (κ3) is 6.66. The van der Waals surface area contributed by atoms with E-state index in [0.29, 0.717) is 44.1 Å². The highest BCUT2D eigenvalue weighted by Crippen LogP contribution is 2.40. The molecular formula is C34H39N3O5. The Morgan fingerprint density at radius 2 is 1.69 bits per heavy atom. The van der Waals surface area contributed by atoms with Crippen LogP contribution in [0.3, 0.4) is 0 Å². The van der Waals surface area contributed by atoms with Crippen molar-refractivity contribution in [2.75, 3.05) is 58.4 Å². The van der Waals surface area contributed by atoms with Gasteiger partial charge in [-0.25, -0.2) is 0 Å². The summed E-state index contributed by atoms with van der Waals surface area (Å²) in [4.78, 5) is 32.7. The van der Waals surface area contributed by atoms with Crippen LogP contribution in [0.4, 0.5) is 5.69 Å². The smallest absolute Gasteiger partial charge is 0.295 e. The molecule has 2 aliphatic heterocycles. The van der Waals surface area contributed by atoms with Crippen LogP contribution in [-0.4, -0.2) is 80.1 Å². The van der Waals surface area contributed by atoms with Gasteiger partial charge in [0.15, 0.2) is 0 Å². The number of aliphatic hydroxyl groups is 1. The zero-order valence-electron chi connectivity index (χ0n) is 24.6. The molecule has 3 aromatic rings. The summed E-state index contributed by atoms with van der Waals surface area (Å²) in [5, 5.41) is 11.5. The molecule has 0 spiro atoms. The number of anilines is 1. The van der Waals surface area contributed by atoms with Crippen LogP contribution < -0.4 is 9.64 Å². The maximum Gasteiger partial charge on any atom is 0.295 e. The van der Waals surface area contributed by atoms with Crippen molar-refractivity contribution in [3.8, 4) is 5.75 Å². The van der Waals surface area contributed by atoms with E-state index in [9.17, 15) is 14.7 Å². The molecular weight excluding hydrogens is 530 g/mol. The molecule has 0 bridgehead atoms. The Kier molecular flexibility index (Phi) is 9.25. The molecule has 1 amide bonds. The predicted octanol–water partition coefficient (Wildman–Crippen LogP) is 4.78. The van der Waals surface area contributed by atoms with E-state index in [1.54, 1.807) is 29.2 Å². The Morgan fingerprint density at radius 1 is 0.976 bits per heavy atom. The number of aryl methyl sites for hydroxylation is 1. The van der Waals surface area contributed by atoms with E-state index in [4.69, 9.17) is 9.47 Å². The predicted molar refractivity (Wildman–Crippen MR) is 164 cm³/mol. The van der Waals surface area contributed by atoms with Crippen molar-refractivity contribution in [2.45, 2.75) is 26.0 Å². The van der Waals surface area contributed by atoms with Gasteiger partial charge in [0.05, 0.1) is 24.8 Å². The molecule has 0 aliphatic carbocycles. The fourth-order valence-electron chi connectivity index (χ4n) is 5.53. The van der Waals surface area contributed by atoms with Gasteiger partial charge in [0.1, 0.15) is 18.1 Å². The highest BCUT2D eigenvalue weighted by atomic mass is 16.5. The van der Waals surface area contributed by atoms with E-state index < -0.39 is 17.7 Å². The summed E-state index contributed by atoms with van der Waals surface area (Å²) in [6.45, 7) is 6.81. The summed E-state index contributed by atoms with van der Waals surface area (Å²) in [6, 6.07) is 22.2. The van der Waals surface area contributed by atoms with Gasteiger partial charge < -0.3 is 24.4 Å². The quantitative estimate of drug-likeness (QED) is 0.214. The number of ether oxygens (including phenoxy) is 2. The molecule has 1 unspecified atom stereocenters. The van der Waals surface area contributed by atoms with Crippen LogP contribution in [0.5, 0.6) is 5.75 Å². The third-order valence-electron chi connectivity index (χ3n) is 7.86. The number of amides is 1. The highest BCUT2D eigenvalue weighted by Gasteiger charge is 2.45. The average Bonchev–Trinajstić information content (AvgIpc) is 3.25. The van der Waals surface area contributed by atoms with Crippen LogP contribution >= 0.6 is 0 Å². The number of Topliss-reactive ketones (excluding diaryl/α,β-unsaturated/α-hetero) is 1. The Morgan fingerprint density at radius 3 is 2.36 bits per heavy atom. The number of hydrogen-bond donors (Lipinski definition) is 1. The van der Waals surface area contributed by atoms with Crippen molar-refractivity contribution in [2.24, 2.45) is 0 Å². The molecule has 42 heavy (non-hydrogen) atoms. The number of ketones is 1. The fraction of sp³-hybridized carbons (Fsp3) is 0.353. The number of carbonyl (C=O) groups excluding carboxylic acids is 2. The van der Waals surface area contributed by atoms with Crippen molar-refractivity contribution in [3.63, 3.8) is 0 Å². The van der Waals surface area contributed by atoms with E-state index in [1.807, 2.05) is 68.4 Å². The Labute approximate surface area is 247 Å². The van der Waals surface area contributed by atoms with Gasteiger partial charge in [0.25, 0.3) is 11.7 Å². The number of rotatable bonds is 10. The van der Waals surface area contributed by atoms with Crippen LogP contribution in [0.15, 0.2) is 78.4 Å². The number of hydrogen-bond acceptors (Lipinski definition) is 7. The summed E-state index contributed by atoms with van der Waals surface area (Å²) in [5.41, 5.74) is 4.59. The molecule has 0 saturated carbocycles. The van der Waals surface area contributed by atoms with E-state index >= 15 is 0 Å². The first kappa shape index (κ1) is 29.4. The van der Waals surface area contributed by atoms with E-state index in [2.05, 4.69) is 11.0 Å². The zero-order chi connectivity index (χ0) is 29.6. The van der Waals surface area contributed by atoms with Gasteiger partial charge in [-0.2, -0.15) is 0 Å². The zero-order valence-corrected chi connectivity index (χ0v) is 24.6. The first-order valence-corrected chi connectivity index (χ1v) is 14.5. The lowest BCUT2D eigenvalue weighted by Crippen LogP contribution is -2.38. The summed E-state index contributed by atoms with van der Waals surface area (Å²) in [5.74, 6) is -0.790. The number of nitrogens with zero attached hydrogens (tertiary/aromatic N) is 3. The van der Waals surface area contributed by atoms with Crippen molar-refractivity contribution in [3.05, 3.63) is 101 Å². The molecule has 3 aromatic carbocycles. The van der Waals surface area contributed by atoms with Gasteiger partial charge in [-0.1, -0.05) is 42.0 Å². The second kappa shape index (κ2) is 13.2. The summed E-state index contributed by atoms with van der Waals surface area (Å²) in [7, 11) is 3.92. The molecule has 2 saturated heterocycles. The first-order chi connectivity index (χ1) is 20.3. The monoisotopic (exact) mass is 569 g/mol. The number of likely N-dealkylation sites (tertiary alicyclic amines) is 1. The van der Waals surface area contributed by atoms with Gasteiger partial charge in [-0.15, -0.1) is 0 Å². The molecule has 1 atom stereocenters. The third-order valence-corrected chi connectivity index (χ3v) is 7.86. The molecule has 0 aromatic heterocycles. The second-order valence-corrected chi connectivity index (χ2v) is 11.1. The van der Waals surface area contributed by atoms with Gasteiger partial charge in [0, 0.05) is 51.5 Å². The fourth-order valence-corrected chi connectivity index (χ4v) is 5.53. The molecule has 2 fully saturated rings. The lowest BCUT2D eigenvalue weighted by molar-refractivity contribution is -0.140. The molecule has 5 rings (SSSR count). The Balaban J connectivity index is 1.40. The number of aliphatic hydroxyl groups excluding tert-OH is 1. The lowest BCUT2D eigenvalue weighted by Gasteiger charge is -2.29. The Hall–Kier alpha value is -4.14. The number of morpholine rings is 1. The van der Waals surface area contributed by atoms with Crippen LogP contribution in [0.2, 0.25) is 0 Å². The van der Waals surface area contributed by atoms with Gasteiger partial charge in [-0.3, -0.25) is 14.5 Å². The van der Waals surface area contributed by atoms with Crippen LogP contribution in [-0.2, 0) is 20.9 Å². The maximum atomic E-state index is 13.4. The molecule has 1 N–H and O–H groups in total. The standard InChI is InChI=1S/C34H39N3O5/c1-24-6-4-7-25(22-24)23-42-29-14-10-27(11-15-29)32(38)30-31(26-8-12-28(13-9-26)35(2)3)37(34(40)33(30)39)17-5-16-36-18-20-41-21-19-36/h4,6-15,22,31,38H,5,16-21,23H2,1-3H3. The number of benzene rings is 3. The van der Waals surface area contributed by atoms with Crippen LogP contribution in [0, 0.1) is 6.92 Å². The molecule has 2 heterocycles. The van der Waals surface area contributed by atoms with Gasteiger partial charge in [-0.05, 0) is 60.9 Å². The normalized spacial score (nSPS) is 18.8.